The summed E-state index contributed by atoms with van der Waals surface area (Å²) in [4.78, 5) is 0. The minimum absolute atomic E-state index is 0.180. The van der Waals surface area contributed by atoms with Crippen LogP contribution in [0.2, 0.25) is 0 Å². The minimum Gasteiger partial charge on any atom is -0.494 e. The third-order valence-electron chi connectivity index (χ3n) is 1.95. The van der Waals surface area contributed by atoms with Gasteiger partial charge in [0.1, 0.15) is 0 Å². The van der Waals surface area contributed by atoms with E-state index in [2.05, 4.69) is 6.58 Å². The fraction of sp³-hybridized carbons (Fsp3) is 0.273. The van der Waals surface area contributed by atoms with Crippen molar-refractivity contribution in [2.45, 2.75) is 12.5 Å². The number of hydrogen-bond acceptors (Lipinski definition) is 2. The Balaban J connectivity index is 2.90. The monoisotopic (exact) mass is 196 g/mol. The second-order valence-electron chi connectivity index (χ2n) is 2.93. The van der Waals surface area contributed by atoms with Crippen LogP contribution in [0.5, 0.6) is 5.75 Å². The molecule has 14 heavy (non-hydrogen) atoms. The summed E-state index contributed by atoms with van der Waals surface area (Å²) in [7, 11) is 1.40. The molecule has 0 aromatic heterocycles. The van der Waals surface area contributed by atoms with Crippen LogP contribution in [0.3, 0.4) is 0 Å². The van der Waals surface area contributed by atoms with Gasteiger partial charge in [-0.3, -0.25) is 0 Å². The zero-order valence-corrected chi connectivity index (χ0v) is 8.03. The van der Waals surface area contributed by atoms with Crippen LogP contribution >= 0.6 is 0 Å². The molecule has 1 aromatic carbocycles. The number of ether oxygens (including phenoxy) is 1. The van der Waals surface area contributed by atoms with Gasteiger partial charge >= 0.3 is 0 Å². The first-order valence-corrected chi connectivity index (χ1v) is 4.31. The molecule has 0 aliphatic rings. The highest BCUT2D eigenvalue weighted by Crippen LogP contribution is 2.23. The fourth-order valence-electron chi connectivity index (χ4n) is 1.18. The molecular weight excluding hydrogens is 183 g/mol. The average molecular weight is 196 g/mol. The first kappa shape index (κ1) is 10.7. The minimum atomic E-state index is -0.701. The first-order valence-electron chi connectivity index (χ1n) is 4.31. The number of halogens is 1. The van der Waals surface area contributed by atoms with Crippen molar-refractivity contribution in [3.8, 4) is 5.75 Å². The van der Waals surface area contributed by atoms with E-state index in [0.717, 1.165) is 0 Å². The van der Waals surface area contributed by atoms with E-state index >= 15 is 0 Å². The van der Waals surface area contributed by atoms with E-state index in [4.69, 9.17) is 4.74 Å². The Kier molecular flexibility index (Phi) is 3.65. The lowest BCUT2D eigenvalue weighted by Gasteiger charge is -2.09. The summed E-state index contributed by atoms with van der Waals surface area (Å²) in [5.41, 5.74) is 0.531. The maximum atomic E-state index is 13.2. The third-order valence-corrected chi connectivity index (χ3v) is 1.95. The molecule has 0 aliphatic carbocycles. The number of methoxy groups -OCH3 is 1. The Morgan fingerprint density at radius 3 is 2.86 bits per heavy atom. The lowest BCUT2D eigenvalue weighted by Crippen LogP contribution is -1.97. The van der Waals surface area contributed by atoms with Crippen LogP contribution in [0.15, 0.2) is 30.9 Å². The summed E-state index contributed by atoms with van der Waals surface area (Å²) in [5, 5.41) is 9.53. The third kappa shape index (κ3) is 2.33. The molecule has 0 spiro atoms. The zero-order valence-electron chi connectivity index (χ0n) is 8.03. The smallest absolute Gasteiger partial charge is 0.165 e. The van der Waals surface area contributed by atoms with Crippen molar-refractivity contribution in [1.82, 2.24) is 0 Å². The topological polar surface area (TPSA) is 29.5 Å². The molecule has 1 unspecified atom stereocenters. The molecule has 0 fully saturated rings. The molecule has 76 valence electrons. The molecule has 0 bridgehead atoms. The number of aliphatic hydroxyl groups excluding tert-OH is 1. The fourth-order valence-corrected chi connectivity index (χ4v) is 1.18. The van der Waals surface area contributed by atoms with Crippen LogP contribution in [0, 0.1) is 5.82 Å². The van der Waals surface area contributed by atoms with Crippen LogP contribution in [-0.4, -0.2) is 12.2 Å². The summed E-state index contributed by atoms with van der Waals surface area (Å²) < 4.78 is 18.0. The van der Waals surface area contributed by atoms with Crippen molar-refractivity contribution in [1.29, 1.82) is 0 Å². The van der Waals surface area contributed by atoms with Crippen molar-refractivity contribution in [2.24, 2.45) is 0 Å². The van der Waals surface area contributed by atoms with Gasteiger partial charge in [-0.15, -0.1) is 6.58 Å². The quantitative estimate of drug-likeness (QED) is 0.749. The highest BCUT2D eigenvalue weighted by Gasteiger charge is 2.09. The standard InChI is InChI=1S/C11H13FO2/c1-3-4-10(13)8-5-6-11(14-2)9(12)7-8/h3,5-7,10,13H,1,4H2,2H3. The van der Waals surface area contributed by atoms with Gasteiger partial charge in [0.15, 0.2) is 11.6 Å². The van der Waals surface area contributed by atoms with E-state index in [1.54, 1.807) is 12.1 Å². The van der Waals surface area contributed by atoms with Crippen molar-refractivity contribution >= 4 is 0 Å². The lowest BCUT2D eigenvalue weighted by atomic mass is 10.1. The molecule has 3 heteroatoms. The Labute approximate surface area is 82.6 Å². The summed E-state index contributed by atoms with van der Waals surface area (Å²) in [6.07, 6.45) is 1.30. The van der Waals surface area contributed by atoms with E-state index in [1.807, 2.05) is 0 Å². The predicted molar refractivity (Wildman–Crippen MR) is 52.7 cm³/mol. The van der Waals surface area contributed by atoms with Gasteiger partial charge in [-0.2, -0.15) is 0 Å². The molecule has 1 N–H and O–H groups in total. The maximum absolute atomic E-state index is 13.2. The van der Waals surface area contributed by atoms with Crippen molar-refractivity contribution in [3.63, 3.8) is 0 Å². The predicted octanol–water partition coefficient (Wildman–Crippen LogP) is 2.44. The Bertz CT molecular complexity index is 323. The van der Waals surface area contributed by atoms with Gasteiger partial charge in [0.25, 0.3) is 0 Å². The Morgan fingerprint density at radius 2 is 2.36 bits per heavy atom. The van der Waals surface area contributed by atoms with Crippen LogP contribution in [0.4, 0.5) is 4.39 Å². The van der Waals surface area contributed by atoms with Gasteiger partial charge in [-0.25, -0.2) is 4.39 Å². The van der Waals surface area contributed by atoms with Gasteiger partial charge < -0.3 is 9.84 Å². The van der Waals surface area contributed by atoms with Crippen LogP contribution < -0.4 is 4.74 Å². The van der Waals surface area contributed by atoms with Crippen molar-refractivity contribution in [3.05, 3.63) is 42.2 Å². The largest absolute Gasteiger partial charge is 0.494 e. The molecule has 0 saturated carbocycles. The van der Waals surface area contributed by atoms with Crippen LogP contribution in [0.25, 0.3) is 0 Å². The van der Waals surface area contributed by atoms with Gasteiger partial charge in [0.2, 0.25) is 0 Å². The molecule has 2 nitrogen and oxygen atoms in total. The van der Waals surface area contributed by atoms with Crippen molar-refractivity contribution in [2.75, 3.05) is 7.11 Å². The van der Waals surface area contributed by atoms with Gasteiger partial charge in [-0.1, -0.05) is 12.1 Å². The zero-order chi connectivity index (χ0) is 10.6. The van der Waals surface area contributed by atoms with Crippen molar-refractivity contribution < 1.29 is 14.2 Å². The summed E-state index contributed by atoms with van der Waals surface area (Å²) >= 11 is 0. The van der Waals surface area contributed by atoms with E-state index in [-0.39, 0.29) is 5.75 Å². The highest BCUT2D eigenvalue weighted by atomic mass is 19.1. The highest BCUT2D eigenvalue weighted by molar-refractivity contribution is 5.30. The molecule has 1 aromatic rings. The number of aliphatic hydroxyl groups is 1. The molecular formula is C11H13FO2. The molecule has 0 aliphatic heterocycles. The SMILES string of the molecule is C=CCC(O)c1ccc(OC)c(F)c1. The molecule has 0 radical (unpaired) electrons. The molecule has 0 heterocycles. The van der Waals surface area contributed by atoms with Crippen LogP contribution in [-0.2, 0) is 0 Å². The van der Waals surface area contributed by atoms with Gasteiger partial charge in [-0.05, 0) is 24.1 Å². The van der Waals surface area contributed by atoms with Crippen LogP contribution in [0.1, 0.15) is 18.1 Å². The van der Waals surface area contributed by atoms with Gasteiger partial charge in [0, 0.05) is 0 Å². The summed E-state index contributed by atoms with van der Waals surface area (Å²) in [6, 6.07) is 4.40. The van der Waals surface area contributed by atoms with E-state index in [9.17, 15) is 9.50 Å². The number of rotatable bonds is 4. The number of hydrogen-bond donors (Lipinski definition) is 1. The summed E-state index contributed by atoms with van der Waals surface area (Å²) in [6.45, 7) is 3.50. The van der Waals surface area contributed by atoms with Gasteiger partial charge in [0.05, 0.1) is 13.2 Å². The van der Waals surface area contributed by atoms with E-state index in [0.29, 0.717) is 12.0 Å². The second kappa shape index (κ2) is 4.77. The summed E-state index contributed by atoms with van der Waals surface area (Å²) in [5.74, 6) is -0.285. The Hall–Kier alpha value is -1.35. The molecule has 0 saturated heterocycles. The number of benzene rings is 1. The first-order chi connectivity index (χ1) is 6.69. The van der Waals surface area contributed by atoms with E-state index in [1.165, 1.54) is 19.2 Å². The normalized spacial score (nSPS) is 12.2. The molecule has 1 atom stereocenters. The maximum Gasteiger partial charge on any atom is 0.165 e. The average Bonchev–Trinajstić information content (AvgIpc) is 2.18. The second-order valence-corrected chi connectivity index (χ2v) is 2.93. The Morgan fingerprint density at radius 1 is 1.64 bits per heavy atom. The molecule has 0 amide bonds. The molecule has 1 rings (SSSR count). The lowest BCUT2D eigenvalue weighted by molar-refractivity contribution is 0.181. The van der Waals surface area contributed by atoms with E-state index < -0.39 is 11.9 Å².